The molecular formula is C22H38N6O2. The minimum Gasteiger partial charge on any atom is -0.349 e. The first kappa shape index (κ1) is 22.7. The smallest absolute Gasteiger partial charge is 0.272 e. The summed E-state index contributed by atoms with van der Waals surface area (Å²) >= 11 is 0. The van der Waals surface area contributed by atoms with Gasteiger partial charge in [0, 0.05) is 63.6 Å². The Bertz CT molecular complexity index is 668. The molecule has 2 N–H and O–H groups in total. The number of aromatic nitrogens is 2. The van der Waals surface area contributed by atoms with E-state index in [9.17, 15) is 9.59 Å². The number of rotatable bonds is 6. The fourth-order valence-electron chi connectivity index (χ4n) is 4.46. The molecule has 0 radical (unpaired) electrons. The quantitative estimate of drug-likeness (QED) is 0.734. The maximum atomic E-state index is 12.9. The topological polar surface area (TPSA) is 82.5 Å². The van der Waals surface area contributed by atoms with E-state index < -0.39 is 0 Å². The molecule has 0 atom stereocenters. The van der Waals surface area contributed by atoms with Crippen LogP contribution in [0.2, 0.25) is 0 Å². The van der Waals surface area contributed by atoms with Crippen molar-refractivity contribution >= 4 is 11.8 Å². The van der Waals surface area contributed by atoms with Gasteiger partial charge >= 0.3 is 0 Å². The third-order valence-corrected chi connectivity index (χ3v) is 6.48. The maximum Gasteiger partial charge on any atom is 0.272 e. The molecule has 1 aromatic rings. The number of hydrogen-bond acceptors (Lipinski definition) is 5. The molecule has 1 aromatic heterocycles. The van der Waals surface area contributed by atoms with Crippen molar-refractivity contribution in [3.05, 3.63) is 17.5 Å². The SMILES string of the molecule is CC(C)N1CCC(NC(=O)c2cn(C)nc2C(=O)NC2CCN(C(C)C)CC2)CC1. The van der Waals surface area contributed by atoms with Crippen molar-refractivity contribution in [2.24, 2.45) is 7.05 Å². The lowest BCUT2D eigenvalue weighted by atomic mass is 10.0. The molecule has 30 heavy (non-hydrogen) atoms. The first-order valence-electron chi connectivity index (χ1n) is 11.4. The van der Waals surface area contributed by atoms with E-state index in [0.717, 1.165) is 51.9 Å². The molecule has 0 bridgehead atoms. The first-order chi connectivity index (χ1) is 14.2. The van der Waals surface area contributed by atoms with E-state index in [4.69, 9.17) is 0 Å². The summed E-state index contributed by atoms with van der Waals surface area (Å²) in [6.07, 6.45) is 5.36. The van der Waals surface area contributed by atoms with Crippen molar-refractivity contribution in [1.82, 2.24) is 30.2 Å². The summed E-state index contributed by atoms with van der Waals surface area (Å²) < 4.78 is 1.55. The Hall–Kier alpha value is -1.93. The molecule has 0 unspecified atom stereocenters. The zero-order valence-corrected chi connectivity index (χ0v) is 19.1. The summed E-state index contributed by atoms with van der Waals surface area (Å²) in [5, 5.41) is 10.5. The number of nitrogens with one attached hydrogen (secondary N) is 2. The van der Waals surface area contributed by atoms with Gasteiger partial charge in [-0.1, -0.05) is 0 Å². The molecule has 2 saturated heterocycles. The van der Waals surface area contributed by atoms with Crippen LogP contribution in [0.5, 0.6) is 0 Å². The standard InChI is InChI=1S/C22H38N6O2/c1-15(2)27-10-6-17(7-11-27)23-21(29)19-14-26(5)25-20(19)22(30)24-18-8-12-28(13-9-18)16(3)4/h14-18H,6-13H2,1-5H3,(H,23,29)(H,24,30). The van der Waals surface area contributed by atoms with Gasteiger partial charge in [0.2, 0.25) is 0 Å². The van der Waals surface area contributed by atoms with Crippen LogP contribution < -0.4 is 10.6 Å². The summed E-state index contributed by atoms with van der Waals surface area (Å²) in [6, 6.07) is 1.33. The summed E-state index contributed by atoms with van der Waals surface area (Å²) in [7, 11) is 1.75. The Morgan fingerprint density at radius 3 is 1.73 bits per heavy atom. The number of carbonyl (C=O) groups is 2. The molecule has 2 amide bonds. The van der Waals surface area contributed by atoms with Crippen LogP contribution in [-0.4, -0.2) is 81.7 Å². The third kappa shape index (κ3) is 5.60. The van der Waals surface area contributed by atoms with E-state index >= 15 is 0 Å². The van der Waals surface area contributed by atoms with Gasteiger partial charge in [0.25, 0.3) is 11.8 Å². The molecule has 0 spiro atoms. The van der Waals surface area contributed by atoms with Crippen molar-refractivity contribution in [3.63, 3.8) is 0 Å². The highest BCUT2D eigenvalue weighted by atomic mass is 16.2. The summed E-state index contributed by atoms with van der Waals surface area (Å²) in [5.74, 6) is -0.454. The highest BCUT2D eigenvalue weighted by Crippen LogP contribution is 2.16. The van der Waals surface area contributed by atoms with Crippen LogP contribution in [0.1, 0.15) is 74.2 Å². The minimum absolute atomic E-state index is 0.130. The predicted octanol–water partition coefficient (Wildman–Crippen LogP) is 1.63. The van der Waals surface area contributed by atoms with Gasteiger partial charge in [0.05, 0.1) is 5.56 Å². The lowest BCUT2D eigenvalue weighted by Crippen LogP contribution is -2.47. The molecule has 8 heteroatoms. The molecular weight excluding hydrogens is 380 g/mol. The summed E-state index contributed by atoms with van der Waals surface area (Å²) in [5.41, 5.74) is 0.585. The first-order valence-corrected chi connectivity index (χ1v) is 11.4. The summed E-state index contributed by atoms with van der Waals surface area (Å²) in [4.78, 5) is 30.7. The second-order valence-electron chi connectivity index (χ2n) is 9.32. The Morgan fingerprint density at radius 1 is 0.867 bits per heavy atom. The molecule has 0 saturated carbocycles. The van der Waals surface area contributed by atoms with Crippen LogP contribution in [0.3, 0.4) is 0 Å². The Kier molecular flexibility index (Phi) is 7.52. The van der Waals surface area contributed by atoms with E-state index in [1.807, 2.05) is 0 Å². The fourth-order valence-corrected chi connectivity index (χ4v) is 4.46. The number of amides is 2. The number of nitrogens with zero attached hydrogens (tertiary/aromatic N) is 4. The average molecular weight is 419 g/mol. The number of carbonyl (C=O) groups excluding carboxylic acids is 2. The van der Waals surface area contributed by atoms with E-state index in [2.05, 4.69) is 53.2 Å². The fraction of sp³-hybridized carbons (Fsp3) is 0.773. The lowest BCUT2D eigenvalue weighted by Gasteiger charge is -2.35. The predicted molar refractivity (Wildman–Crippen MR) is 118 cm³/mol. The zero-order valence-electron chi connectivity index (χ0n) is 19.1. The molecule has 2 aliphatic rings. The molecule has 0 aliphatic carbocycles. The van der Waals surface area contributed by atoms with Crippen molar-refractivity contribution in [3.8, 4) is 0 Å². The number of likely N-dealkylation sites (tertiary alicyclic amines) is 2. The second kappa shape index (κ2) is 9.92. The van der Waals surface area contributed by atoms with Crippen LogP contribution >= 0.6 is 0 Å². The average Bonchev–Trinajstić information content (AvgIpc) is 3.11. The van der Waals surface area contributed by atoms with Gasteiger partial charge < -0.3 is 20.4 Å². The normalized spacial score (nSPS) is 20.1. The Labute approximate surface area is 180 Å². The van der Waals surface area contributed by atoms with E-state index in [0.29, 0.717) is 17.6 Å². The van der Waals surface area contributed by atoms with Gasteiger partial charge in [-0.15, -0.1) is 0 Å². The van der Waals surface area contributed by atoms with E-state index in [1.165, 1.54) is 0 Å². The van der Waals surface area contributed by atoms with Crippen LogP contribution in [0.25, 0.3) is 0 Å². The van der Waals surface area contributed by atoms with Gasteiger partial charge in [-0.3, -0.25) is 14.3 Å². The minimum atomic E-state index is -0.252. The van der Waals surface area contributed by atoms with E-state index in [-0.39, 0.29) is 29.6 Å². The molecule has 3 rings (SSSR count). The maximum absolute atomic E-state index is 12.9. The second-order valence-corrected chi connectivity index (χ2v) is 9.32. The van der Waals surface area contributed by atoms with Gasteiger partial charge in [-0.05, 0) is 53.4 Å². The molecule has 8 nitrogen and oxygen atoms in total. The molecule has 0 aromatic carbocycles. The van der Waals surface area contributed by atoms with Crippen molar-refractivity contribution in [1.29, 1.82) is 0 Å². The molecule has 168 valence electrons. The highest BCUT2D eigenvalue weighted by molar-refractivity contribution is 6.06. The van der Waals surface area contributed by atoms with Gasteiger partial charge in [0.1, 0.15) is 0 Å². The van der Waals surface area contributed by atoms with Gasteiger partial charge in [-0.25, -0.2) is 0 Å². The Morgan fingerprint density at radius 2 is 1.30 bits per heavy atom. The number of piperidine rings is 2. The molecule has 3 heterocycles. The lowest BCUT2D eigenvalue weighted by molar-refractivity contribution is 0.0863. The van der Waals surface area contributed by atoms with Crippen LogP contribution in [0, 0.1) is 0 Å². The number of aryl methyl sites for hydroxylation is 1. The van der Waals surface area contributed by atoms with E-state index in [1.54, 1.807) is 17.9 Å². The largest absolute Gasteiger partial charge is 0.349 e. The Balaban J connectivity index is 1.57. The monoisotopic (exact) mass is 418 g/mol. The highest BCUT2D eigenvalue weighted by Gasteiger charge is 2.28. The number of hydrogen-bond donors (Lipinski definition) is 2. The van der Waals surface area contributed by atoms with Crippen molar-refractivity contribution in [2.75, 3.05) is 26.2 Å². The zero-order chi connectivity index (χ0) is 21.8. The van der Waals surface area contributed by atoms with Crippen LogP contribution in [-0.2, 0) is 7.05 Å². The molecule has 2 fully saturated rings. The van der Waals surface area contributed by atoms with Crippen LogP contribution in [0.15, 0.2) is 6.20 Å². The van der Waals surface area contributed by atoms with Crippen molar-refractivity contribution in [2.45, 2.75) is 77.5 Å². The van der Waals surface area contributed by atoms with Crippen molar-refractivity contribution < 1.29 is 9.59 Å². The van der Waals surface area contributed by atoms with Gasteiger partial charge in [-0.2, -0.15) is 5.10 Å². The third-order valence-electron chi connectivity index (χ3n) is 6.48. The summed E-state index contributed by atoms with van der Waals surface area (Å²) in [6.45, 7) is 12.7. The van der Waals surface area contributed by atoms with Crippen LogP contribution in [0.4, 0.5) is 0 Å². The molecule has 2 aliphatic heterocycles. The van der Waals surface area contributed by atoms with Gasteiger partial charge in [0.15, 0.2) is 5.69 Å².